The highest BCUT2D eigenvalue weighted by molar-refractivity contribution is 7.15. The van der Waals surface area contributed by atoms with E-state index in [0.717, 1.165) is 10.1 Å². The Kier molecular flexibility index (Phi) is 2.45. The van der Waals surface area contributed by atoms with Gasteiger partial charge < -0.3 is 11.1 Å². The first-order chi connectivity index (χ1) is 6.64. The van der Waals surface area contributed by atoms with Crippen LogP contribution < -0.4 is 11.1 Å². The van der Waals surface area contributed by atoms with Gasteiger partial charge in [0.15, 0.2) is 0 Å². The lowest BCUT2D eigenvalue weighted by Gasteiger charge is -2.28. The maximum atomic E-state index is 5.80. The molecule has 1 fully saturated rings. The fourth-order valence-corrected chi connectivity index (χ4v) is 2.36. The van der Waals surface area contributed by atoms with Crippen LogP contribution in [-0.2, 0) is 0 Å². The molecule has 1 unspecified atom stereocenters. The molecule has 5 heteroatoms. The van der Waals surface area contributed by atoms with Crippen molar-refractivity contribution in [1.29, 1.82) is 0 Å². The van der Waals surface area contributed by atoms with Crippen LogP contribution >= 0.6 is 11.3 Å². The Morgan fingerprint density at radius 2 is 2.29 bits per heavy atom. The Morgan fingerprint density at radius 1 is 1.57 bits per heavy atom. The molecule has 0 spiro atoms. The molecule has 4 nitrogen and oxygen atoms in total. The Balaban J connectivity index is 2.07. The summed E-state index contributed by atoms with van der Waals surface area (Å²) in [5.74, 6) is 0.705. The number of aromatic nitrogens is 2. The van der Waals surface area contributed by atoms with Crippen molar-refractivity contribution in [3.8, 4) is 0 Å². The number of aryl methyl sites for hydroxylation is 1. The molecule has 1 atom stereocenters. The molecule has 0 saturated heterocycles. The fraction of sp³-hybridized carbons (Fsp3) is 0.778. The van der Waals surface area contributed by atoms with Crippen LogP contribution in [0.15, 0.2) is 0 Å². The first kappa shape index (κ1) is 9.86. The molecule has 0 bridgehead atoms. The summed E-state index contributed by atoms with van der Waals surface area (Å²) in [4.78, 5) is 0. The van der Waals surface area contributed by atoms with Gasteiger partial charge in [0.25, 0.3) is 0 Å². The Bertz CT molecular complexity index is 320. The number of hydrogen-bond acceptors (Lipinski definition) is 5. The van der Waals surface area contributed by atoms with Crippen molar-refractivity contribution >= 4 is 16.5 Å². The summed E-state index contributed by atoms with van der Waals surface area (Å²) >= 11 is 1.59. The van der Waals surface area contributed by atoms with Gasteiger partial charge in [-0.1, -0.05) is 11.3 Å². The lowest BCUT2D eigenvalue weighted by atomic mass is 9.96. The Labute approximate surface area is 87.9 Å². The minimum atomic E-state index is 0.00593. The quantitative estimate of drug-likeness (QED) is 0.791. The van der Waals surface area contributed by atoms with Crippen LogP contribution in [0.1, 0.15) is 24.8 Å². The van der Waals surface area contributed by atoms with Gasteiger partial charge in [0, 0.05) is 6.54 Å². The van der Waals surface area contributed by atoms with Crippen molar-refractivity contribution < 1.29 is 0 Å². The highest BCUT2D eigenvalue weighted by Gasteiger charge is 2.41. The second-order valence-electron chi connectivity index (χ2n) is 4.15. The van der Waals surface area contributed by atoms with E-state index in [2.05, 4.69) is 22.4 Å². The van der Waals surface area contributed by atoms with Crippen molar-refractivity contribution in [2.45, 2.75) is 32.2 Å². The smallest absolute Gasteiger partial charge is 0.206 e. The van der Waals surface area contributed by atoms with Gasteiger partial charge in [0.2, 0.25) is 5.13 Å². The van der Waals surface area contributed by atoms with Crippen LogP contribution in [0.4, 0.5) is 5.13 Å². The summed E-state index contributed by atoms with van der Waals surface area (Å²) in [7, 11) is 0. The van der Waals surface area contributed by atoms with Gasteiger partial charge in [-0.2, -0.15) is 0 Å². The zero-order valence-corrected chi connectivity index (χ0v) is 9.40. The summed E-state index contributed by atoms with van der Waals surface area (Å²) in [5.41, 5.74) is 5.80. The summed E-state index contributed by atoms with van der Waals surface area (Å²) < 4.78 is 0. The van der Waals surface area contributed by atoms with E-state index >= 15 is 0 Å². The Morgan fingerprint density at radius 3 is 2.71 bits per heavy atom. The van der Waals surface area contributed by atoms with Gasteiger partial charge in [-0.25, -0.2) is 0 Å². The molecule has 14 heavy (non-hydrogen) atoms. The molecule has 1 aliphatic rings. The van der Waals surface area contributed by atoms with Gasteiger partial charge in [-0.05, 0) is 32.6 Å². The van der Waals surface area contributed by atoms with Gasteiger partial charge in [0.05, 0.1) is 5.54 Å². The lowest BCUT2D eigenvalue weighted by Crippen LogP contribution is -2.44. The largest absolute Gasteiger partial charge is 0.353 e. The molecule has 0 amide bonds. The minimum Gasteiger partial charge on any atom is -0.353 e. The average molecular weight is 212 g/mol. The number of nitrogens with zero attached hydrogens (tertiary/aromatic N) is 2. The van der Waals surface area contributed by atoms with E-state index in [1.54, 1.807) is 11.3 Å². The SMILES string of the molecule is Cc1nnc(NC(C)(CN)C2CC2)s1. The van der Waals surface area contributed by atoms with E-state index < -0.39 is 0 Å². The molecular weight excluding hydrogens is 196 g/mol. The van der Waals surface area contributed by atoms with Crippen LogP contribution in [-0.4, -0.2) is 22.3 Å². The summed E-state index contributed by atoms with van der Waals surface area (Å²) in [5, 5.41) is 13.3. The first-order valence-corrected chi connectivity index (χ1v) is 5.74. The topological polar surface area (TPSA) is 63.8 Å². The maximum Gasteiger partial charge on any atom is 0.206 e. The van der Waals surface area contributed by atoms with E-state index in [1.807, 2.05) is 6.92 Å². The van der Waals surface area contributed by atoms with Crippen LogP contribution in [0, 0.1) is 12.8 Å². The Hall–Kier alpha value is -0.680. The van der Waals surface area contributed by atoms with Crippen molar-refractivity contribution in [3.63, 3.8) is 0 Å². The van der Waals surface area contributed by atoms with Crippen molar-refractivity contribution in [2.24, 2.45) is 11.7 Å². The standard InChI is InChI=1S/C9H16N4S/c1-6-12-13-8(14-6)11-9(2,5-10)7-3-4-7/h7H,3-5,10H2,1-2H3,(H,11,13). The third kappa shape index (κ3) is 1.88. The molecule has 0 radical (unpaired) electrons. The van der Waals surface area contributed by atoms with Gasteiger partial charge in [-0.15, -0.1) is 10.2 Å². The normalized spacial score (nSPS) is 20.5. The predicted molar refractivity (Wildman–Crippen MR) is 58.5 cm³/mol. The molecule has 1 saturated carbocycles. The molecule has 1 aliphatic carbocycles. The van der Waals surface area contributed by atoms with Gasteiger partial charge in [0.1, 0.15) is 5.01 Å². The minimum absolute atomic E-state index is 0.00593. The van der Waals surface area contributed by atoms with Gasteiger partial charge >= 0.3 is 0 Å². The van der Waals surface area contributed by atoms with Crippen molar-refractivity contribution in [1.82, 2.24) is 10.2 Å². The maximum absolute atomic E-state index is 5.80. The van der Waals surface area contributed by atoms with Crippen LogP contribution in [0.25, 0.3) is 0 Å². The molecule has 1 heterocycles. The zero-order chi connectivity index (χ0) is 10.2. The number of nitrogens with one attached hydrogen (secondary N) is 1. The highest BCUT2D eigenvalue weighted by atomic mass is 32.1. The lowest BCUT2D eigenvalue weighted by molar-refractivity contribution is 0.459. The van der Waals surface area contributed by atoms with E-state index in [9.17, 15) is 0 Å². The fourth-order valence-electron chi connectivity index (χ4n) is 1.63. The second-order valence-corrected chi connectivity index (χ2v) is 5.33. The zero-order valence-electron chi connectivity index (χ0n) is 8.58. The van der Waals surface area contributed by atoms with E-state index in [4.69, 9.17) is 5.73 Å². The summed E-state index contributed by atoms with van der Waals surface area (Å²) in [6.45, 7) is 4.78. The second kappa shape index (κ2) is 3.47. The van der Waals surface area contributed by atoms with Gasteiger partial charge in [-0.3, -0.25) is 0 Å². The molecule has 78 valence electrons. The molecular formula is C9H16N4S. The third-order valence-electron chi connectivity index (χ3n) is 2.82. The predicted octanol–water partition coefficient (Wildman–Crippen LogP) is 1.39. The van der Waals surface area contributed by atoms with E-state index in [1.165, 1.54) is 12.8 Å². The van der Waals surface area contributed by atoms with Crippen molar-refractivity contribution in [2.75, 3.05) is 11.9 Å². The van der Waals surface area contributed by atoms with E-state index in [0.29, 0.717) is 12.5 Å². The van der Waals surface area contributed by atoms with E-state index in [-0.39, 0.29) is 5.54 Å². The number of rotatable bonds is 4. The van der Waals surface area contributed by atoms with Crippen LogP contribution in [0.2, 0.25) is 0 Å². The monoisotopic (exact) mass is 212 g/mol. The molecule has 1 aromatic heterocycles. The molecule has 1 aromatic rings. The van der Waals surface area contributed by atoms with Crippen LogP contribution in [0.3, 0.4) is 0 Å². The summed E-state index contributed by atoms with van der Waals surface area (Å²) in [6, 6.07) is 0. The molecule has 0 aromatic carbocycles. The molecule has 3 N–H and O–H groups in total. The number of hydrogen-bond donors (Lipinski definition) is 2. The number of nitrogens with two attached hydrogens (primary N) is 1. The number of anilines is 1. The summed E-state index contributed by atoms with van der Waals surface area (Å²) in [6.07, 6.45) is 2.55. The highest BCUT2D eigenvalue weighted by Crippen LogP contribution is 2.41. The van der Waals surface area contributed by atoms with Crippen LogP contribution in [0.5, 0.6) is 0 Å². The third-order valence-corrected chi connectivity index (χ3v) is 3.58. The molecule has 2 rings (SSSR count). The molecule has 0 aliphatic heterocycles. The average Bonchev–Trinajstić information content (AvgIpc) is 2.93. The van der Waals surface area contributed by atoms with Crippen molar-refractivity contribution in [3.05, 3.63) is 5.01 Å². The first-order valence-electron chi connectivity index (χ1n) is 4.92.